The third-order valence-corrected chi connectivity index (χ3v) is 6.81. The van der Waals surface area contributed by atoms with Crippen LogP contribution in [0, 0.1) is 19.8 Å². The van der Waals surface area contributed by atoms with Gasteiger partial charge in [0, 0.05) is 37.1 Å². The van der Waals surface area contributed by atoms with Crippen molar-refractivity contribution in [2.45, 2.75) is 50.1 Å². The van der Waals surface area contributed by atoms with Crippen LogP contribution in [-0.2, 0) is 10.0 Å². The summed E-state index contributed by atoms with van der Waals surface area (Å²) in [6.45, 7) is 3.85. The Balaban J connectivity index is 1.54. The molecule has 3 heterocycles. The van der Waals surface area contributed by atoms with Crippen LogP contribution in [0.25, 0.3) is 5.82 Å². The summed E-state index contributed by atoms with van der Waals surface area (Å²) in [6, 6.07) is 5.14. The van der Waals surface area contributed by atoms with E-state index in [0.717, 1.165) is 30.7 Å². The number of nitrogens with one attached hydrogen (secondary N) is 1. The number of aromatic nitrogens is 3. The van der Waals surface area contributed by atoms with Crippen LogP contribution in [0.4, 0.5) is 0 Å². The molecule has 4 rings (SSSR count). The van der Waals surface area contributed by atoms with E-state index in [2.05, 4.69) is 19.9 Å². The van der Waals surface area contributed by atoms with E-state index in [0.29, 0.717) is 11.7 Å². The van der Waals surface area contributed by atoms with Gasteiger partial charge in [0.1, 0.15) is 4.90 Å². The lowest BCUT2D eigenvalue weighted by molar-refractivity contribution is 0.165. The van der Waals surface area contributed by atoms with Gasteiger partial charge in [-0.05, 0) is 44.9 Å². The maximum Gasteiger partial charge on any atom is 0.242 e. The normalized spacial score (nSPS) is 25.0. The van der Waals surface area contributed by atoms with Crippen LogP contribution in [0.1, 0.15) is 30.7 Å². The largest absolute Gasteiger partial charge is 0.295 e. The fourth-order valence-corrected chi connectivity index (χ4v) is 5.33. The molecule has 144 valence electrons. The Morgan fingerprint density at radius 3 is 2.70 bits per heavy atom. The van der Waals surface area contributed by atoms with Crippen molar-refractivity contribution < 1.29 is 8.42 Å². The first-order valence-electron chi connectivity index (χ1n) is 9.14. The van der Waals surface area contributed by atoms with E-state index < -0.39 is 10.0 Å². The number of hydrogen-bond acceptors (Lipinski definition) is 6. The molecule has 1 aliphatic heterocycles. The predicted molar refractivity (Wildman–Crippen MR) is 102 cm³/mol. The highest BCUT2D eigenvalue weighted by molar-refractivity contribution is 7.89. The minimum atomic E-state index is -3.65. The second-order valence-corrected chi connectivity index (χ2v) is 9.06. The van der Waals surface area contributed by atoms with Crippen molar-refractivity contribution in [1.29, 1.82) is 0 Å². The highest BCUT2D eigenvalue weighted by Gasteiger charge is 2.40. The Bertz CT molecular complexity index is 966. The molecule has 3 atom stereocenters. The molecular weight excluding hydrogens is 364 g/mol. The Morgan fingerprint density at radius 2 is 2.04 bits per heavy atom. The van der Waals surface area contributed by atoms with Crippen LogP contribution in [0.2, 0.25) is 0 Å². The lowest BCUT2D eigenvalue weighted by Gasteiger charge is -2.36. The lowest BCUT2D eigenvalue weighted by atomic mass is 9.83. The van der Waals surface area contributed by atoms with E-state index in [4.69, 9.17) is 0 Å². The van der Waals surface area contributed by atoms with Crippen LogP contribution in [0.5, 0.6) is 0 Å². The van der Waals surface area contributed by atoms with E-state index in [-0.39, 0.29) is 17.0 Å². The number of fused-ring (bicyclic) bond motifs is 1. The van der Waals surface area contributed by atoms with Gasteiger partial charge in [-0.15, -0.1) is 0 Å². The van der Waals surface area contributed by atoms with E-state index in [1.165, 1.54) is 6.20 Å². The van der Waals surface area contributed by atoms with Gasteiger partial charge in [-0.3, -0.25) is 5.01 Å². The van der Waals surface area contributed by atoms with Gasteiger partial charge in [0.05, 0.1) is 11.7 Å². The van der Waals surface area contributed by atoms with Crippen molar-refractivity contribution in [3.05, 3.63) is 35.8 Å². The summed E-state index contributed by atoms with van der Waals surface area (Å²) in [5.74, 6) is 0.907. The topological polar surface area (TPSA) is 92.5 Å². The molecule has 0 aromatic carbocycles. The van der Waals surface area contributed by atoms with Crippen molar-refractivity contribution in [3.8, 4) is 5.82 Å². The lowest BCUT2D eigenvalue weighted by Crippen LogP contribution is -2.52. The van der Waals surface area contributed by atoms with Crippen LogP contribution in [-0.4, -0.2) is 53.5 Å². The van der Waals surface area contributed by atoms with Crippen LogP contribution < -0.4 is 4.72 Å². The minimum absolute atomic E-state index is 0.0791. The van der Waals surface area contributed by atoms with Crippen LogP contribution in [0.15, 0.2) is 34.4 Å². The van der Waals surface area contributed by atoms with E-state index in [1.807, 2.05) is 38.2 Å². The zero-order valence-electron chi connectivity index (χ0n) is 15.7. The summed E-state index contributed by atoms with van der Waals surface area (Å²) in [5.41, 5.74) is 1.84. The smallest absolute Gasteiger partial charge is 0.242 e. The number of sulfonamides is 1. The first-order chi connectivity index (χ1) is 12.8. The number of nitrogens with zero attached hydrogens (tertiary/aromatic N) is 5. The maximum absolute atomic E-state index is 12.9. The van der Waals surface area contributed by atoms with Crippen molar-refractivity contribution in [2.24, 2.45) is 11.0 Å². The van der Waals surface area contributed by atoms with Crippen molar-refractivity contribution >= 4 is 16.2 Å². The average molecular weight is 388 g/mol. The highest BCUT2D eigenvalue weighted by Crippen LogP contribution is 2.31. The number of rotatable bonds is 4. The Hall–Kier alpha value is -2.26. The third kappa shape index (κ3) is 3.37. The summed E-state index contributed by atoms with van der Waals surface area (Å²) in [5, 5.41) is 10.6. The predicted octanol–water partition coefficient (Wildman–Crippen LogP) is 1.63. The number of hydrazone groups is 1. The average Bonchev–Trinajstić information content (AvgIpc) is 3.17. The quantitative estimate of drug-likeness (QED) is 0.859. The van der Waals surface area contributed by atoms with Gasteiger partial charge in [-0.25, -0.2) is 22.8 Å². The molecule has 9 heteroatoms. The Labute approximate surface area is 159 Å². The van der Waals surface area contributed by atoms with Crippen molar-refractivity contribution in [3.63, 3.8) is 0 Å². The van der Waals surface area contributed by atoms with Gasteiger partial charge in [-0.1, -0.05) is 6.42 Å². The summed E-state index contributed by atoms with van der Waals surface area (Å²) in [7, 11) is -1.75. The second-order valence-electron chi connectivity index (χ2n) is 7.34. The van der Waals surface area contributed by atoms with E-state index in [9.17, 15) is 8.42 Å². The summed E-state index contributed by atoms with van der Waals surface area (Å²) in [6.07, 6.45) is 6.18. The standard InChI is InChI=1S/C18H24N6O2S/c1-12-9-13(2)24(21-12)17-8-7-15(11-19-17)27(25,26)22-16-6-4-5-14-10-20-23(3)18(14)16/h7-11,14,16,18,22H,4-6H2,1-3H3. The van der Waals surface area contributed by atoms with E-state index in [1.54, 1.807) is 16.8 Å². The molecule has 1 aliphatic carbocycles. The fourth-order valence-electron chi connectivity index (χ4n) is 4.09. The van der Waals surface area contributed by atoms with Crippen molar-refractivity contribution in [2.75, 3.05) is 7.05 Å². The first-order valence-corrected chi connectivity index (χ1v) is 10.6. The SMILES string of the molecule is Cc1cc(C)n(-c2ccc(S(=O)(=O)NC3CCCC4C=NN(C)C43)cn2)n1. The molecule has 1 fully saturated rings. The number of likely N-dealkylation sites (N-methyl/N-ethyl adjacent to an activating group) is 1. The molecule has 3 unspecified atom stereocenters. The Kier molecular flexibility index (Phi) is 4.51. The summed E-state index contributed by atoms with van der Waals surface area (Å²) in [4.78, 5) is 4.47. The summed E-state index contributed by atoms with van der Waals surface area (Å²) >= 11 is 0. The number of pyridine rings is 1. The van der Waals surface area contributed by atoms with Crippen molar-refractivity contribution in [1.82, 2.24) is 24.5 Å². The zero-order valence-corrected chi connectivity index (χ0v) is 16.5. The Morgan fingerprint density at radius 1 is 1.22 bits per heavy atom. The van der Waals surface area contributed by atoms with Gasteiger partial charge in [-0.2, -0.15) is 10.2 Å². The molecule has 1 N–H and O–H groups in total. The summed E-state index contributed by atoms with van der Waals surface area (Å²) < 4.78 is 30.3. The van der Waals surface area contributed by atoms with Crippen LogP contribution in [0.3, 0.4) is 0 Å². The third-order valence-electron chi connectivity index (χ3n) is 5.34. The fraction of sp³-hybridized carbons (Fsp3) is 0.500. The first kappa shape index (κ1) is 18.1. The minimum Gasteiger partial charge on any atom is -0.295 e. The van der Waals surface area contributed by atoms with Gasteiger partial charge in [0.25, 0.3) is 0 Å². The molecule has 0 bridgehead atoms. The molecule has 0 amide bonds. The molecule has 0 spiro atoms. The number of aryl methyl sites for hydroxylation is 2. The van der Waals surface area contributed by atoms with Gasteiger partial charge < -0.3 is 0 Å². The van der Waals surface area contributed by atoms with Gasteiger partial charge in [0.15, 0.2) is 5.82 Å². The van der Waals surface area contributed by atoms with E-state index >= 15 is 0 Å². The maximum atomic E-state index is 12.9. The molecule has 2 aliphatic rings. The molecule has 2 aromatic rings. The molecule has 0 radical (unpaired) electrons. The number of hydrogen-bond donors (Lipinski definition) is 1. The van der Waals surface area contributed by atoms with Crippen LogP contribution >= 0.6 is 0 Å². The second kappa shape index (κ2) is 6.72. The highest BCUT2D eigenvalue weighted by atomic mass is 32.2. The molecule has 2 aromatic heterocycles. The molecule has 8 nitrogen and oxygen atoms in total. The molecule has 0 saturated heterocycles. The molecule has 27 heavy (non-hydrogen) atoms. The molecular formula is C18H24N6O2S. The zero-order chi connectivity index (χ0) is 19.2. The molecule has 1 saturated carbocycles. The monoisotopic (exact) mass is 388 g/mol. The van der Waals surface area contributed by atoms with Gasteiger partial charge in [0.2, 0.25) is 10.0 Å². The van der Waals surface area contributed by atoms with Gasteiger partial charge >= 0.3 is 0 Å².